The zero-order chi connectivity index (χ0) is 9.82. The predicted octanol–water partition coefficient (Wildman–Crippen LogP) is 0.538. The Morgan fingerprint density at radius 3 is 2.00 bits per heavy atom. The zero-order valence-corrected chi connectivity index (χ0v) is 7.35. The lowest BCUT2D eigenvalue weighted by Crippen LogP contribution is -2.01. The highest BCUT2D eigenvalue weighted by atomic mass is 16.5. The molecule has 0 heterocycles. The first-order valence-electron chi connectivity index (χ1n) is 3.95. The van der Waals surface area contributed by atoms with Gasteiger partial charge < -0.3 is 20.4 Å². The second-order valence-electron chi connectivity index (χ2n) is 2.17. The summed E-state index contributed by atoms with van der Waals surface area (Å²) in [4.78, 5) is 0. The number of hydrogen-bond donors (Lipinski definition) is 4. The smallest absolute Gasteiger partial charge is 0.151 e. The van der Waals surface area contributed by atoms with E-state index in [-0.39, 0.29) is 6.61 Å². The van der Waals surface area contributed by atoms with Gasteiger partial charge in [-0.05, 0) is 18.9 Å². The molecule has 12 heavy (non-hydrogen) atoms. The highest BCUT2D eigenvalue weighted by Gasteiger charge is 1.89. The van der Waals surface area contributed by atoms with Crippen LogP contribution in [0.1, 0.15) is 26.2 Å². The van der Waals surface area contributed by atoms with Gasteiger partial charge in [-0.2, -0.15) is 0 Å². The Hall–Kier alpha value is -0.580. The Kier molecular flexibility index (Phi) is 15.2. The predicted molar refractivity (Wildman–Crippen MR) is 46.6 cm³/mol. The van der Waals surface area contributed by atoms with Crippen LogP contribution < -0.4 is 0 Å². The molecule has 0 aliphatic rings. The van der Waals surface area contributed by atoms with Crippen LogP contribution >= 0.6 is 0 Å². The average Bonchev–Trinajstić information content (AvgIpc) is 2.02. The Morgan fingerprint density at radius 1 is 1.33 bits per heavy atom. The molecule has 0 aromatic heterocycles. The minimum Gasteiger partial charge on any atom is -0.516 e. The van der Waals surface area contributed by atoms with E-state index in [4.69, 9.17) is 20.4 Å². The van der Waals surface area contributed by atoms with E-state index in [1.807, 2.05) is 6.92 Å². The van der Waals surface area contributed by atoms with Crippen LogP contribution in [-0.2, 0) is 0 Å². The van der Waals surface area contributed by atoms with E-state index in [0.717, 1.165) is 12.7 Å². The fourth-order valence-electron chi connectivity index (χ4n) is 0.407. The van der Waals surface area contributed by atoms with Crippen molar-refractivity contribution >= 4 is 0 Å². The summed E-state index contributed by atoms with van der Waals surface area (Å²) < 4.78 is 0. The molecule has 0 fully saturated rings. The van der Waals surface area contributed by atoms with Gasteiger partial charge in [0.2, 0.25) is 0 Å². The largest absolute Gasteiger partial charge is 0.516 e. The van der Waals surface area contributed by atoms with E-state index in [1.54, 1.807) is 0 Å². The normalized spacial score (nSPS) is 10.1. The molecule has 0 saturated heterocycles. The van der Waals surface area contributed by atoms with Gasteiger partial charge in [0.05, 0.1) is 6.26 Å². The van der Waals surface area contributed by atoms with Crippen molar-refractivity contribution in [1.29, 1.82) is 0 Å². The molecule has 0 aliphatic carbocycles. The van der Waals surface area contributed by atoms with Gasteiger partial charge in [-0.3, -0.25) is 0 Å². The van der Waals surface area contributed by atoms with Gasteiger partial charge in [0, 0.05) is 6.61 Å². The Bertz CT molecular complexity index is 91.1. The van der Waals surface area contributed by atoms with Crippen LogP contribution in [0.25, 0.3) is 0 Å². The van der Waals surface area contributed by atoms with Gasteiger partial charge in [0.15, 0.2) is 6.29 Å². The summed E-state index contributed by atoms with van der Waals surface area (Å²) in [6, 6.07) is 0. The second-order valence-corrected chi connectivity index (χ2v) is 2.17. The molecule has 0 atom stereocenters. The van der Waals surface area contributed by atoms with Crippen molar-refractivity contribution in [2.75, 3.05) is 6.61 Å². The molecular formula is C8H18O4. The summed E-state index contributed by atoms with van der Waals surface area (Å²) in [6.07, 6.45) is 3.17. The minimum absolute atomic E-state index is 0.108. The first-order chi connectivity index (χ1) is 5.68. The fraction of sp³-hybridized carbons (Fsp3) is 0.750. The Labute approximate surface area is 72.8 Å². The van der Waals surface area contributed by atoms with Crippen LogP contribution in [0.3, 0.4) is 0 Å². The van der Waals surface area contributed by atoms with Crippen molar-refractivity contribution in [3.63, 3.8) is 0 Å². The maximum atomic E-state index is 8.11. The minimum atomic E-state index is -1.10. The third-order valence-corrected chi connectivity index (χ3v) is 0.948. The molecule has 0 bridgehead atoms. The molecule has 0 spiro atoms. The van der Waals surface area contributed by atoms with Gasteiger partial charge in [0.25, 0.3) is 0 Å². The quantitative estimate of drug-likeness (QED) is 0.374. The maximum absolute atomic E-state index is 8.11. The lowest BCUT2D eigenvalue weighted by molar-refractivity contribution is -0.0453. The third-order valence-electron chi connectivity index (χ3n) is 0.948. The van der Waals surface area contributed by atoms with Gasteiger partial charge in [-0.15, -0.1) is 0 Å². The Balaban J connectivity index is 0. The van der Waals surface area contributed by atoms with Crippen LogP contribution in [0.15, 0.2) is 12.3 Å². The van der Waals surface area contributed by atoms with E-state index in [2.05, 4.69) is 0 Å². The molecule has 0 aliphatic heterocycles. The molecule has 0 saturated carbocycles. The average molecular weight is 178 g/mol. The van der Waals surface area contributed by atoms with Crippen LogP contribution in [0.5, 0.6) is 0 Å². The van der Waals surface area contributed by atoms with Crippen molar-refractivity contribution in [2.24, 2.45) is 0 Å². The van der Waals surface area contributed by atoms with Gasteiger partial charge in [0.1, 0.15) is 0 Å². The van der Waals surface area contributed by atoms with E-state index in [0.29, 0.717) is 12.8 Å². The molecule has 0 aromatic rings. The first-order valence-corrected chi connectivity index (χ1v) is 3.95. The number of aliphatic hydroxyl groups excluding tert-OH is 3. The van der Waals surface area contributed by atoms with Crippen LogP contribution in [0, 0.1) is 0 Å². The molecule has 0 amide bonds. The zero-order valence-electron chi connectivity index (χ0n) is 7.35. The molecule has 4 N–H and O–H groups in total. The molecule has 4 heteroatoms. The maximum Gasteiger partial charge on any atom is 0.151 e. The molecule has 0 rings (SSSR count). The van der Waals surface area contributed by atoms with E-state index >= 15 is 0 Å². The van der Waals surface area contributed by atoms with Crippen LogP contribution in [0.4, 0.5) is 0 Å². The van der Waals surface area contributed by atoms with Crippen LogP contribution in [0.2, 0.25) is 0 Å². The lowest BCUT2D eigenvalue weighted by atomic mass is 10.3. The van der Waals surface area contributed by atoms with Crippen molar-refractivity contribution in [3.8, 4) is 0 Å². The fourth-order valence-corrected chi connectivity index (χ4v) is 0.407. The second kappa shape index (κ2) is 13.0. The standard InChI is InChI=1S/C4H10O2.C4H8O2/c1-2-3-4(5)6;5-3-1-2-4-6/h4-6H,2-3H2,1H3;1,3,5-6H,2,4H2. The van der Waals surface area contributed by atoms with Gasteiger partial charge >= 0.3 is 0 Å². The summed E-state index contributed by atoms with van der Waals surface area (Å²) in [5.74, 6) is 0. The summed E-state index contributed by atoms with van der Waals surface area (Å²) in [6.45, 7) is 2.01. The Morgan fingerprint density at radius 2 is 1.92 bits per heavy atom. The van der Waals surface area contributed by atoms with Gasteiger partial charge in [-0.25, -0.2) is 0 Å². The van der Waals surface area contributed by atoms with E-state index < -0.39 is 6.29 Å². The molecule has 0 aromatic carbocycles. The molecule has 4 nitrogen and oxygen atoms in total. The summed E-state index contributed by atoms with van der Waals surface area (Å²) in [5, 5.41) is 32.2. The highest BCUT2D eigenvalue weighted by molar-refractivity contribution is 4.69. The first kappa shape index (κ1) is 14.0. The molecular weight excluding hydrogens is 160 g/mol. The molecule has 0 unspecified atom stereocenters. The summed E-state index contributed by atoms with van der Waals surface area (Å²) >= 11 is 0. The van der Waals surface area contributed by atoms with Gasteiger partial charge in [-0.1, -0.05) is 13.3 Å². The van der Waals surface area contributed by atoms with E-state index in [9.17, 15) is 0 Å². The van der Waals surface area contributed by atoms with Crippen molar-refractivity contribution in [1.82, 2.24) is 0 Å². The highest BCUT2D eigenvalue weighted by Crippen LogP contribution is 1.88. The summed E-state index contributed by atoms with van der Waals surface area (Å²) in [5.41, 5.74) is 0. The molecule has 74 valence electrons. The summed E-state index contributed by atoms with van der Waals surface area (Å²) in [7, 11) is 0. The van der Waals surface area contributed by atoms with Crippen molar-refractivity contribution in [3.05, 3.63) is 12.3 Å². The topological polar surface area (TPSA) is 80.9 Å². The number of hydrogen-bond acceptors (Lipinski definition) is 4. The third kappa shape index (κ3) is 22.7. The molecule has 0 radical (unpaired) electrons. The van der Waals surface area contributed by atoms with Crippen LogP contribution in [-0.4, -0.2) is 33.3 Å². The monoisotopic (exact) mass is 178 g/mol. The number of rotatable bonds is 4. The van der Waals surface area contributed by atoms with E-state index in [1.165, 1.54) is 6.08 Å². The lowest BCUT2D eigenvalue weighted by Gasteiger charge is -1.94. The number of aliphatic hydroxyl groups is 4. The SMILES string of the molecule is CCCC(O)O.OC=CCCO. The van der Waals surface area contributed by atoms with Crippen molar-refractivity contribution in [2.45, 2.75) is 32.5 Å². The van der Waals surface area contributed by atoms with Crippen molar-refractivity contribution < 1.29 is 20.4 Å².